The molecule has 0 saturated heterocycles. The molecule has 10 heteroatoms. The van der Waals surface area contributed by atoms with Gasteiger partial charge >= 0.3 is 0 Å². The van der Waals surface area contributed by atoms with Crippen molar-refractivity contribution in [3.05, 3.63) is 124 Å². The third-order valence-electron chi connectivity index (χ3n) is 8.97. The van der Waals surface area contributed by atoms with E-state index in [2.05, 4.69) is 21.2 Å². The van der Waals surface area contributed by atoms with Crippen molar-refractivity contribution in [3.63, 3.8) is 0 Å². The molecule has 1 unspecified atom stereocenters. The smallest absolute Gasteiger partial charge is 0.264 e. The minimum absolute atomic E-state index is 0.00494. The SMILES string of the molecule is COc1ccc(S(=O)(=O)N(CC(=O)N(Cc2cccc(C)c2)C(Cc2ccccc2)C(=O)NC2CCCCC2)c2ccc(C)cc2)cc1Br. The first-order valence-corrected chi connectivity index (χ1v) is 18.9. The van der Waals surface area contributed by atoms with Crippen LogP contribution in [0.2, 0.25) is 0 Å². The standard InChI is InChI=1S/C39H44BrN3O5S/c1-28-17-19-33(20-18-28)43(49(46,47)34-21-22-37(48-3)35(40)25-34)27-38(44)42(26-31-14-10-11-29(2)23-31)36(24-30-12-6-4-7-13-30)39(45)41-32-15-8-5-9-16-32/h4,6-7,10-14,17-23,25,32,36H,5,8-9,15-16,24,26-27H2,1-3H3,(H,41,45). The highest BCUT2D eigenvalue weighted by molar-refractivity contribution is 9.10. The number of ether oxygens (including phenoxy) is 1. The van der Waals surface area contributed by atoms with Gasteiger partial charge in [0.2, 0.25) is 11.8 Å². The number of anilines is 1. The molecule has 8 nitrogen and oxygen atoms in total. The molecule has 1 N–H and O–H groups in total. The number of benzene rings is 4. The highest BCUT2D eigenvalue weighted by Crippen LogP contribution is 2.31. The van der Waals surface area contributed by atoms with Crippen molar-refractivity contribution in [1.29, 1.82) is 0 Å². The molecule has 0 radical (unpaired) electrons. The Morgan fingerprint density at radius 2 is 1.55 bits per heavy atom. The number of methoxy groups -OCH3 is 1. The van der Waals surface area contributed by atoms with Gasteiger partial charge in [-0.2, -0.15) is 0 Å². The lowest BCUT2D eigenvalue weighted by Gasteiger charge is -2.35. The molecule has 0 aliphatic heterocycles. The Morgan fingerprint density at radius 3 is 2.20 bits per heavy atom. The highest BCUT2D eigenvalue weighted by Gasteiger charge is 2.35. The number of nitrogens with zero attached hydrogens (tertiary/aromatic N) is 2. The van der Waals surface area contributed by atoms with Crippen molar-refractivity contribution in [2.45, 2.75) is 75.9 Å². The fourth-order valence-corrected chi connectivity index (χ4v) is 8.41. The second kappa shape index (κ2) is 16.5. The third kappa shape index (κ3) is 9.30. The van der Waals surface area contributed by atoms with Crippen LogP contribution in [0.5, 0.6) is 5.75 Å². The van der Waals surface area contributed by atoms with Crippen molar-refractivity contribution in [1.82, 2.24) is 10.2 Å². The van der Waals surface area contributed by atoms with E-state index in [0.717, 1.165) is 58.7 Å². The number of nitrogens with one attached hydrogen (secondary N) is 1. The molecule has 0 bridgehead atoms. The second-order valence-electron chi connectivity index (χ2n) is 12.7. The maximum Gasteiger partial charge on any atom is 0.264 e. The molecule has 2 amide bonds. The Kier molecular flexibility index (Phi) is 12.2. The summed E-state index contributed by atoms with van der Waals surface area (Å²) in [5.41, 5.74) is 4.06. The van der Waals surface area contributed by atoms with Crippen molar-refractivity contribution in [2.75, 3.05) is 18.0 Å². The van der Waals surface area contributed by atoms with Crippen LogP contribution in [0, 0.1) is 13.8 Å². The second-order valence-corrected chi connectivity index (χ2v) is 15.4. The van der Waals surface area contributed by atoms with Crippen LogP contribution in [0.3, 0.4) is 0 Å². The summed E-state index contributed by atoms with van der Waals surface area (Å²) >= 11 is 3.41. The third-order valence-corrected chi connectivity index (χ3v) is 11.4. The molecule has 0 aromatic heterocycles. The molecular formula is C39H44BrN3O5S. The predicted octanol–water partition coefficient (Wildman–Crippen LogP) is 7.36. The first-order valence-electron chi connectivity index (χ1n) is 16.7. The molecule has 1 aliphatic rings. The summed E-state index contributed by atoms with van der Waals surface area (Å²) < 4.78 is 35.7. The molecule has 4 aromatic carbocycles. The first-order chi connectivity index (χ1) is 23.5. The van der Waals surface area contributed by atoms with Crippen LogP contribution < -0.4 is 14.4 Å². The van der Waals surface area contributed by atoms with Gasteiger partial charge in [0.25, 0.3) is 10.0 Å². The number of amides is 2. The zero-order valence-corrected chi connectivity index (χ0v) is 30.7. The number of carbonyl (C=O) groups excluding carboxylic acids is 2. The number of aryl methyl sites for hydroxylation is 2. The van der Waals surface area contributed by atoms with Crippen LogP contribution in [0.15, 0.2) is 106 Å². The quantitative estimate of drug-likeness (QED) is 0.154. The van der Waals surface area contributed by atoms with E-state index in [-0.39, 0.29) is 29.8 Å². The van der Waals surface area contributed by atoms with Crippen LogP contribution in [0.4, 0.5) is 5.69 Å². The average Bonchev–Trinajstić information content (AvgIpc) is 3.10. The average molecular weight is 747 g/mol. The summed E-state index contributed by atoms with van der Waals surface area (Å²) in [5.74, 6) is -0.243. The first kappa shape index (κ1) is 36.1. The lowest BCUT2D eigenvalue weighted by Crippen LogP contribution is -2.55. The number of rotatable bonds is 13. The Hall–Kier alpha value is -4.15. The van der Waals surface area contributed by atoms with E-state index in [1.165, 1.54) is 19.2 Å². The van der Waals surface area contributed by atoms with Crippen LogP contribution in [0.1, 0.15) is 54.4 Å². The highest BCUT2D eigenvalue weighted by atomic mass is 79.9. The zero-order valence-electron chi connectivity index (χ0n) is 28.3. The lowest BCUT2D eigenvalue weighted by molar-refractivity contribution is -0.140. The topological polar surface area (TPSA) is 96.0 Å². The minimum atomic E-state index is -4.25. The number of sulfonamides is 1. The number of hydrogen-bond donors (Lipinski definition) is 1. The molecule has 1 saturated carbocycles. The van der Waals surface area contributed by atoms with Crippen molar-refractivity contribution >= 4 is 43.5 Å². The summed E-state index contributed by atoms with van der Waals surface area (Å²) in [6.07, 6.45) is 5.31. The van der Waals surface area contributed by atoms with E-state index in [1.807, 2.05) is 80.6 Å². The van der Waals surface area contributed by atoms with Gasteiger partial charge in [-0.3, -0.25) is 13.9 Å². The van der Waals surface area contributed by atoms with Crippen molar-refractivity contribution in [3.8, 4) is 5.75 Å². The normalized spacial score (nSPS) is 14.1. The predicted molar refractivity (Wildman–Crippen MR) is 197 cm³/mol. The van der Waals surface area contributed by atoms with Crippen LogP contribution in [-0.4, -0.2) is 50.9 Å². The Balaban J connectivity index is 1.57. The maximum atomic E-state index is 14.8. The van der Waals surface area contributed by atoms with Crippen LogP contribution >= 0.6 is 15.9 Å². The summed E-state index contributed by atoms with van der Waals surface area (Å²) in [6.45, 7) is 3.51. The van der Waals surface area contributed by atoms with Crippen LogP contribution in [0.25, 0.3) is 0 Å². The molecule has 1 fully saturated rings. The molecule has 1 atom stereocenters. The number of hydrogen-bond acceptors (Lipinski definition) is 5. The van der Waals surface area contributed by atoms with E-state index in [0.29, 0.717) is 15.9 Å². The summed E-state index contributed by atoms with van der Waals surface area (Å²) in [4.78, 5) is 30.6. The maximum absolute atomic E-state index is 14.8. The van der Waals surface area contributed by atoms with E-state index >= 15 is 0 Å². The zero-order chi connectivity index (χ0) is 35.0. The Bertz CT molecular complexity index is 1840. The molecule has 0 spiro atoms. The Morgan fingerprint density at radius 1 is 0.857 bits per heavy atom. The summed E-state index contributed by atoms with van der Waals surface area (Å²) in [7, 11) is -2.75. The lowest BCUT2D eigenvalue weighted by atomic mass is 9.94. The van der Waals surface area contributed by atoms with E-state index < -0.39 is 28.5 Å². The fourth-order valence-electron chi connectivity index (χ4n) is 6.28. The largest absolute Gasteiger partial charge is 0.496 e. The van der Waals surface area contributed by atoms with Gasteiger partial charge in [0.1, 0.15) is 18.3 Å². The minimum Gasteiger partial charge on any atom is -0.496 e. The van der Waals surface area contributed by atoms with Crippen LogP contribution in [-0.2, 0) is 32.6 Å². The van der Waals surface area contributed by atoms with Gasteiger partial charge in [-0.25, -0.2) is 8.42 Å². The van der Waals surface area contributed by atoms with Gasteiger partial charge in [0.05, 0.1) is 22.2 Å². The fraction of sp³-hybridized carbons (Fsp3) is 0.333. The Labute approximate surface area is 298 Å². The summed E-state index contributed by atoms with van der Waals surface area (Å²) in [5, 5.41) is 3.25. The number of carbonyl (C=O) groups is 2. The van der Waals surface area contributed by atoms with Gasteiger partial charge < -0.3 is 15.0 Å². The molecule has 49 heavy (non-hydrogen) atoms. The summed E-state index contributed by atoms with van der Waals surface area (Å²) in [6, 6.07) is 28.1. The molecular weight excluding hydrogens is 702 g/mol. The molecule has 4 aromatic rings. The van der Waals surface area contributed by atoms with Gasteiger partial charge in [0.15, 0.2) is 0 Å². The van der Waals surface area contributed by atoms with Crippen molar-refractivity contribution in [2.24, 2.45) is 0 Å². The van der Waals surface area contributed by atoms with E-state index in [4.69, 9.17) is 4.74 Å². The monoisotopic (exact) mass is 745 g/mol. The van der Waals surface area contributed by atoms with Gasteiger partial charge in [-0.1, -0.05) is 97.1 Å². The molecule has 1 aliphatic carbocycles. The molecule has 258 valence electrons. The van der Waals surface area contributed by atoms with Gasteiger partial charge in [-0.05, 0) is 84.1 Å². The molecule has 5 rings (SSSR count). The van der Waals surface area contributed by atoms with E-state index in [9.17, 15) is 18.0 Å². The van der Waals surface area contributed by atoms with Gasteiger partial charge in [0, 0.05) is 19.0 Å². The van der Waals surface area contributed by atoms with Gasteiger partial charge in [-0.15, -0.1) is 0 Å². The molecule has 0 heterocycles. The number of halogens is 1. The van der Waals surface area contributed by atoms with Crippen molar-refractivity contribution < 1.29 is 22.7 Å². The van der Waals surface area contributed by atoms with E-state index in [1.54, 1.807) is 23.1 Å².